The molecule has 36 heavy (non-hydrogen) atoms. The zero-order chi connectivity index (χ0) is 25.4. The Bertz CT molecular complexity index is 1330. The lowest BCUT2D eigenvalue weighted by molar-refractivity contribution is -0.128. The molecule has 2 amide bonds. The summed E-state index contributed by atoms with van der Waals surface area (Å²) in [5, 5.41) is 16.4. The Morgan fingerprint density at radius 2 is 2.00 bits per heavy atom. The van der Waals surface area contributed by atoms with Crippen molar-refractivity contribution >= 4 is 39.9 Å². The van der Waals surface area contributed by atoms with Gasteiger partial charge in [0.15, 0.2) is 5.13 Å². The Balaban J connectivity index is 1.34. The maximum atomic E-state index is 13.3. The number of carbonyl (C=O) groups is 2. The molecule has 2 aliphatic rings. The van der Waals surface area contributed by atoms with Crippen molar-refractivity contribution in [3.05, 3.63) is 51.5 Å². The first kappa shape index (κ1) is 24.6. The van der Waals surface area contributed by atoms with Crippen LogP contribution in [0.1, 0.15) is 45.9 Å². The summed E-state index contributed by atoms with van der Waals surface area (Å²) in [6.45, 7) is 1.84. The van der Waals surface area contributed by atoms with Crippen molar-refractivity contribution in [3.63, 3.8) is 0 Å². The molecule has 1 saturated carbocycles. The van der Waals surface area contributed by atoms with Crippen LogP contribution in [0.25, 0.3) is 11.1 Å². The van der Waals surface area contributed by atoms with Crippen LogP contribution in [0.2, 0.25) is 5.15 Å². The molecule has 0 aromatic carbocycles. The zero-order valence-corrected chi connectivity index (χ0v) is 21.4. The van der Waals surface area contributed by atoms with Crippen LogP contribution in [-0.4, -0.2) is 51.1 Å². The van der Waals surface area contributed by atoms with Crippen molar-refractivity contribution in [1.29, 1.82) is 0 Å². The highest BCUT2D eigenvalue weighted by Crippen LogP contribution is 2.36. The number of hydrogen-bond donors (Lipinski definition) is 3. The van der Waals surface area contributed by atoms with Gasteiger partial charge < -0.3 is 15.2 Å². The number of hydrogen-bond acceptors (Lipinski definition) is 8. The largest absolute Gasteiger partial charge is 0.494 e. The molecule has 1 fully saturated rings. The first-order valence-electron chi connectivity index (χ1n) is 11.8. The lowest BCUT2D eigenvalue weighted by Gasteiger charge is -2.34. The van der Waals surface area contributed by atoms with E-state index in [1.807, 2.05) is 6.92 Å². The number of halogens is 1. The molecule has 9 nitrogen and oxygen atoms in total. The fourth-order valence-corrected chi connectivity index (χ4v) is 5.76. The predicted octanol–water partition coefficient (Wildman–Crippen LogP) is 3.57. The van der Waals surface area contributed by atoms with Gasteiger partial charge in [-0.1, -0.05) is 11.6 Å². The second-order valence-corrected chi connectivity index (χ2v) is 10.6. The Labute approximate surface area is 217 Å². The van der Waals surface area contributed by atoms with Gasteiger partial charge in [0.1, 0.15) is 10.9 Å². The molecule has 2 aliphatic carbocycles. The van der Waals surface area contributed by atoms with E-state index in [0.717, 1.165) is 29.1 Å². The summed E-state index contributed by atoms with van der Waals surface area (Å²) in [5.41, 5.74) is 3.26. The average molecular weight is 528 g/mol. The summed E-state index contributed by atoms with van der Waals surface area (Å²) in [4.78, 5) is 40.0. The van der Waals surface area contributed by atoms with Gasteiger partial charge in [-0.2, -0.15) is 0 Å². The number of nitrogens with zero attached hydrogens (tertiary/aromatic N) is 3. The Hall–Kier alpha value is -3.08. The van der Waals surface area contributed by atoms with Crippen LogP contribution in [0.3, 0.4) is 0 Å². The topological polar surface area (TPSA) is 126 Å². The van der Waals surface area contributed by atoms with Gasteiger partial charge in [-0.25, -0.2) is 9.97 Å². The van der Waals surface area contributed by atoms with Gasteiger partial charge in [-0.15, -0.1) is 11.3 Å². The molecule has 3 N–H and O–H groups in total. The third-order valence-electron chi connectivity index (χ3n) is 6.73. The lowest BCUT2D eigenvalue weighted by Crippen LogP contribution is -2.52. The molecule has 5 rings (SSSR count). The maximum Gasteiger partial charge on any atom is 0.259 e. The Kier molecular flexibility index (Phi) is 6.92. The average Bonchev–Trinajstić information content (AvgIpc) is 3.27. The summed E-state index contributed by atoms with van der Waals surface area (Å²) in [5.74, 6) is -0.0517. The van der Waals surface area contributed by atoms with E-state index in [-0.39, 0.29) is 28.9 Å². The lowest BCUT2D eigenvalue weighted by atomic mass is 9.86. The normalized spacial score (nSPS) is 20.7. The molecular weight excluding hydrogens is 502 g/mol. The number of carbonyl (C=O) groups excluding carboxylic acids is 2. The molecule has 0 aliphatic heterocycles. The second-order valence-electron chi connectivity index (χ2n) is 9.12. The predicted molar refractivity (Wildman–Crippen MR) is 137 cm³/mol. The number of aliphatic hydroxyl groups excluding tert-OH is 1. The van der Waals surface area contributed by atoms with Crippen molar-refractivity contribution in [2.24, 2.45) is 5.92 Å². The minimum absolute atomic E-state index is 0.0243. The highest BCUT2D eigenvalue weighted by Gasteiger charge is 2.34. The van der Waals surface area contributed by atoms with Crippen molar-refractivity contribution in [2.75, 3.05) is 12.4 Å². The second kappa shape index (κ2) is 10.1. The molecule has 3 heterocycles. The minimum Gasteiger partial charge on any atom is -0.494 e. The number of anilines is 1. The van der Waals surface area contributed by atoms with Crippen molar-refractivity contribution in [2.45, 2.75) is 51.2 Å². The number of fused-ring (bicyclic) bond motifs is 1. The van der Waals surface area contributed by atoms with E-state index in [1.54, 1.807) is 12.1 Å². The molecule has 0 spiro atoms. The van der Waals surface area contributed by atoms with Crippen LogP contribution < -0.4 is 15.4 Å². The monoisotopic (exact) mass is 527 g/mol. The molecule has 3 atom stereocenters. The molecule has 188 valence electrons. The fraction of sp³-hybridized carbons (Fsp3) is 0.400. The van der Waals surface area contributed by atoms with Gasteiger partial charge in [0.05, 0.1) is 36.7 Å². The molecule has 11 heteroatoms. The van der Waals surface area contributed by atoms with E-state index in [2.05, 4.69) is 25.6 Å². The third-order valence-corrected chi connectivity index (χ3v) is 7.97. The van der Waals surface area contributed by atoms with Crippen LogP contribution in [0.4, 0.5) is 5.13 Å². The number of aliphatic hydroxyl groups is 1. The van der Waals surface area contributed by atoms with Crippen LogP contribution >= 0.6 is 22.9 Å². The Morgan fingerprint density at radius 3 is 2.72 bits per heavy atom. The zero-order valence-electron chi connectivity index (χ0n) is 19.9. The molecule has 0 saturated heterocycles. The molecule has 0 unspecified atom stereocenters. The molecule has 3 aromatic rings. The van der Waals surface area contributed by atoms with Gasteiger partial charge in [0.25, 0.3) is 5.91 Å². The van der Waals surface area contributed by atoms with Gasteiger partial charge in [0.2, 0.25) is 5.91 Å². The number of ether oxygens (including phenoxy) is 1. The SMILES string of the molecule is COc1cnc(Cl)cc1-c1cc(C)ncc1C(=O)Nc1nc2c(s1)C[C@H](C(=O)N[C@H]1CC[C@H]1O)CC2. The van der Waals surface area contributed by atoms with Crippen LogP contribution in [0.15, 0.2) is 24.5 Å². The van der Waals surface area contributed by atoms with Gasteiger partial charge >= 0.3 is 0 Å². The number of nitrogens with one attached hydrogen (secondary N) is 2. The van der Waals surface area contributed by atoms with Crippen LogP contribution in [0, 0.1) is 12.8 Å². The first-order chi connectivity index (χ1) is 17.3. The third kappa shape index (κ3) is 4.93. The van der Waals surface area contributed by atoms with Crippen LogP contribution in [-0.2, 0) is 17.6 Å². The smallest absolute Gasteiger partial charge is 0.259 e. The molecule has 0 bridgehead atoms. The summed E-state index contributed by atoms with van der Waals surface area (Å²) in [7, 11) is 1.53. The molecule has 0 radical (unpaired) electrons. The number of methoxy groups -OCH3 is 1. The van der Waals surface area contributed by atoms with E-state index in [9.17, 15) is 14.7 Å². The van der Waals surface area contributed by atoms with Crippen molar-refractivity contribution in [3.8, 4) is 16.9 Å². The number of pyridine rings is 2. The van der Waals surface area contributed by atoms with E-state index in [0.29, 0.717) is 46.8 Å². The Morgan fingerprint density at radius 1 is 1.17 bits per heavy atom. The van der Waals surface area contributed by atoms with E-state index >= 15 is 0 Å². The van der Waals surface area contributed by atoms with Gasteiger partial charge in [-0.3, -0.25) is 19.9 Å². The minimum atomic E-state index is -0.442. The number of rotatable bonds is 6. The molecule has 3 aromatic heterocycles. The summed E-state index contributed by atoms with van der Waals surface area (Å²) < 4.78 is 5.44. The van der Waals surface area contributed by atoms with Gasteiger partial charge in [0, 0.05) is 33.8 Å². The van der Waals surface area contributed by atoms with Crippen molar-refractivity contribution < 1.29 is 19.4 Å². The first-order valence-corrected chi connectivity index (χ1v) is 13.0. The summed E-state index contributed by atoms with van der Waals surface area (Å²) >= 11 is 7.52. The standard InChI is InChI=1S/C25H26ClN5O4S/c1-12-7-14(15-9-22(26)28-11-20(15)35-2)16(10-27-12)24(34)31-25-30-18-4-3-13(8-21(18)36-25)23(33)29-17-5-6-19(17)32/h7,9-11,13,17,19,32H,3-6,8H2,1-2H3,(H,29,33)(H,30,31,34)/t13-,17+,19-/m1/s1. The van der Waals surface area contributed by atoms with E-state index in [1.165, 1.54) is 30.8 Å². The van der Waals surface area contributed by atoms with E-state index < -0.39 is 6.10 Å². The molecular formula is C25H26ClN5O4S. The quantitative estimate of drug-likeness (QED) is 0.418. The summed E-state index contributed by atoms with van der Waals surface area (Å²) in [6, 6.07) is 3.32. The highest BCUT2D eigenvalue weighted by atomic mass is 35.5. The number of aromatic nitrogens is 3. The van der Waals surface area contributed by atoms with Crippen molar-refractivity contribution in [1.82, 2.24) is 20.3 Å². The highest BCUT2D eigenvalue weighted by molar-refractivity contribution is 7.15. The van der Waals surface area contributed by atoms with E-state index in [4.69, 9.17) is 16.3 Å². The van der Waals surface area contributed by atoms with Crippen LogP contribution in [0.5, 0.6) is 5.75 Å². The number of amides is 2. The number of thiazole rings is 1. The summed E-state index contributed by atoms with van der Waals surface area (Å²) in [6.07, 6.45) is 6.07. The fourth-order valence-electron chi connectivity index (χ4n) is 4.52. The number of aryl methyl sites for hydroxylation is 2. The maximum absolute atomic E-state index is 13.3. The van der Waals surface area contributed by atoms with Gasteiger partial charge in [-0.05, 0) is 51.2 Å².